The molecule has 31 heavy (non-hydrogen) atoms. The van der Waals surface area contributed by atoms with Gasteiger partial charge in [0.15, 0.2) is 0 Å². The minimum Gasteiger partial charge on any atom is -0.508 e. The second-order valence-corrected chi connectivity index (χ2v) is 7.22. The predicted molar refractivity (Wildman–Crippen MR) is 113 cm³/mol. The molecule has 0 saturated heterocycles. The summed E-state index contributed by atoms with van der Waals surface area (Å²) in [4.78, 5) is 44.3. The van der Waals surface area contributed by atoms with Gasteiger partial charge in [-0.05, 0) is 43.9 Å². The summed E-state index contributed by atoms with van der Waals surface area (Å²) in [6.45, 7) is 0.681. The third-order valence-electron chi connectivity index (χ3n) is 4.55. The first-order chi connectivity index (χ1) is 14.8. The summed E-state index contributed by atoms with van der Waals surface area (Å²) in [5.74, 6) is -1.03. The van der Waals surface area contributed by atoms with E-state index in [0.29, 0.717) is 51.6 Å². The Kier molecular flexibility index (Phi) is 12.2. The SMILES string of the molecule is O=C(NCCCCCC[N+](=O)[O-])c1cc(O)cc(C(=O)NCCCCCC[N+](=O)[O-])c1. The van der Waals surface area contributed by atoms with E-state index < -0.39 is 11.8 Å². The second-order valence-electron chi connectivity index (χ2n) is 7.22. The highest BCUT2D eigenvalue weighted by Crippen LogP contribution is 2.16. The Morgan fingerprint density at radius 2 is 1.10 bits per heavy atom. The highest BCUT2D eigenvalue weighted by atomic mass is 16.6. The van der Waals surface area contributed by atoms with E-state index in [1.807, 2.05) is 0 Å². The van der Waals surface area contributed by atoms with Crippen molar-refractivity contribution >= 4 is 11.8 Å². The van der Waals surface area contributed by atoms with Gasteiger partial charge in [0.1, 0.15) is 5.75 Å². The lowest BCUT2D eigenvalue weighted by Gasteiger charge is -2.09. The predicted octanol–water partition coefficient (Wildman–Crippen LogP) is 2.53. The normalized spacial score (nSPS) is 10.5. The molecule has 0 spiro atoms. The summed E-state index contributed by atoms with van der Waals surface area (Å²) in [6, 6.07) is 3.95. The van der Waals surface area contributed by atoms with Crippen LogP contribution in [0.15, 0.2) is 18.2 Å². The number of nitrogens with one attached hydrogen (secondary N) is 2. The molecule has 1 aromatic carbocycles. The average Bonchev–Trinajstić information content (AvgIpc) is 2.71. The molecule has 0 aliphatic carbocycles. The second kappa shape index (κ2) is 14.7. The lowest BCUT2D eigenvalue weighted by molar-refractivity contribution is -0.480. The zero-order valence-corrected chi connectivity index (χ0v) is 17.5. The average molecular weight is 438 g/mol. The summed E-state index contributed by atoms with van der Waals surface area (Å²) < 4.78 is 0. The van der Waals surface area contributed by atoms with E-state index in [4.69, 9.17) is 0 Å². The van der Waals surface area contributed by atoms with Crippen LogP contribution in [0.25, 0.3) is 0 Å². The quantitative estimate of drug-likeness (QED) is 0.203. The Morgan fingerprint density at radius 1 is 0.710 bits per heavy atom. The van der Waals surface area contributed by atoms with Gasteiger partial charge in [0.2, 0.25) is 13.1 Å². The molecule has 0 saturated carbocycles. The molecule has 0 heterocycles. The fraction of sp³-hybridized carbons (Fsp3) is 0.600. The van der Waals surface area contributed by atoms with Gasteiger partial charge in [0.25, 0.3) is 11.8 Å². The molecule has 0 unspecified atom stereocenters. The number of hydrogen-bond acceptors (Lipinski definition) is 7. The van der Waals surface area contributed by atoms with E-state index in [1.165, 1.54) is 18.2 Å². The van der Waals surface area contributed by atoms with Crippen LogP contribution >= 0.6 is 0 Å². The lowest BCUT2D eigenvalue weighted by atomic mass is 10.1. The van der Waals surface area contributed by atoms with Crippen molar-refractivity contribution < 1.29 is 24.5 Å². The molecule has 11 nitrogen and oxygen atoms in total. The van der Waals surface area contributed by atoms with Crippen LogP contribution in [0.4, 0.5) is 0 Å². The molecular weight excluding hydrogens is 408 g/mol. The molecule has 0 aromatic heterocycles. The molecule has 0 atom stereocenters. The van der Waals surface area contributed by atoms with Crippen molar-refractivity contribution in [1.82, 2.24) is 10.6 Å². The summed E-state index contributed by atoms with van der Waals surface area (Å²) in [6.07, 6.45) is 5.30. The number of unbranched alkanes of at least 4 members (excludes halogenated alkanes) is 6. The third-order valence-corrected chi connectivity index (χ3v) is 4.55. The number of rotatable bonds is 16. The van der Waals surface area contributed by atoms with E-state index >= 15 is 0 Å². The van der Waals surface area contributed by atoms with Crippen molar-refractivity contribution in [2.75, 3.05) is 26.2 Å². The first kappa shape index (κ1) is 25.8. The van der Waals surface area contributed by atoms with Crippen LogP contribution in [0.2, 0.25) is 0 Å². The van der Waals surface area contributed by atoms with E-state index in [0.717, 1.165) is 12.8 Å². The fourth-order valence-electron chi connectivity index (χ4n) is 2.92. The maximum Gasteiger partial charge on any atom is 0.251 e. The Labute approximate surface area is 180 Å². The maximum atomic E-state index is 12.3. The minimum atomic E-state index is -0.416. The van der Waals surface area contributed by atoms with Gasteiger partial charge in [0, 0.05) is 46.9 Å². The van der Waals surface area contributed by atoms with E-state index in [9.17, 15) is 34.9 Å². The van der Waals surface area contributed by atoms with Crippen molar-refractivity contribution in [3.8, 4) is 5.75 Å². The number of hydrogen-bond donors (Lipinski definition) is 3. The highest BCUT2D eigenvalue weighted by Gasteiger charge is 2.12. The van der Waals surface area contributed by atoms with E-state index in [2.05, 4.69) is 10.6 Å². The van der Waals surface area contributed by atoms with Gasteiger partial charge in [-0.1, -0.05) is 12.8 Å². The summed E-state index contributed by atoms with van der Waals surface area (Å²) in [5, 5.41) is 35.8. The molecule has 172 valence electrons. The summed E-state index contributed by atoms with van der Waals surface area (Å²) in [7, 11) is 0. The molecule has 0 fully saturated rings. The number of phenolic OH excluding ortho intramolecular Hbond substituents is 1. The fourth-order valence-corrected chi connectivity index (χ4v) is 2.92. The number of carbonyl (C=O) groups is 2. The largest absolute Gasteiger partial charge is 0.508 e. The topological polar surface area (TPSA) is 165 Å². The zero-order valence-electron chi connectivity index (χ0n) is 17.5. The first-order valence-electron chi connectivity index (χ1n) is 10.4. The number of nitrogens with zero attached hydrogens (tertiary/aromatic N) is 2. The van der Waals surface area contributed by atoms with Gasteiger partial charge in [-0.3, -0.25) is 29.8 Å². The molecule has 2 amide bonds. The van der Waals surface area contributed by atoms with Crippen LogP contribution in [0, 0.1) is 20.2 Å². The molecule has 1 aromatic rings. The van der Waals surface area contributed by atoms with Crippen LogP contribution in [0.1, 0.15) is 72.1 Å². The number of nitro groups is 2. The van der Waals surface area contributed by atoms with E-state index in [-0.39, 0.29) is 39.8 Å². The smallest absolute Gasteiger partial charge is 0.251 e. The highest BCUT2D eigenvalue weighted by molar-refractivity contribution is 6.00. The molecule has 0 bridgehead atoms. The number of benzene rings is 1. The van der Waals surface area contributed by atoms with Gasteiger partial charge < -0.3 is 15.7 Å². The Balaban J connectivity index is 2.36. The lowest BCUT2D eigenvalue weighted by Crippen LogP contribution is -2.27. The standard InChI is InChI=1S/C20H30N4O7/c25-18-14-16(19(26)21-9-5-1-3-7-11-23(28)29)13-17(15-18)20(27)22-10-6-2-4-8-12-24(30)31/h13-15,25H,1-12H2,(H,21,26)(H,22,27). The molecular formula is C20H30N4O7. The third kappa shape index (κ3) is 12.1. The van der Waals surface area contributed by atoms with Crippen molar-refractivity contribution in [2.24, 2.45) is 0 Å². The number of phenols is 1. The van der Waals surface area contributed by atoms with E-state index in [1.54, 1.807) is 0 Å². The monoisotopic (exact) mass is 438 g/mol. The molecule has 0 radical (unpaired) electrons. The van der Waals surface area contributed by atoms with Crippen molar-refractivity contribution in [1.29, 1.82) is 0 Å². The molecule has 1 rings (SSSR count). The number of carbonyl (C=O) groups excluding carboxylic acids is 2. The summed E-state index contributed by atoms with van der Waals surface area (Å²) in [5.41, 5.74) is 0.330. The molecule has 11 heteroatoms. The zero-order chi connectivity index (χ0) is 23.1. The molecule has 0 aliphatic heterocycles. The van der Waals surface area contributed by atoms with Gasteiger partial charge in [0.05, 0.1) is 0 Å². The van der Waals surface area contributed by atoms with Gasteiger partial charge >= 0.3 is 0 Å². The maximum absolute atomic E-state index is 12.3. The summed E-state index contributed by atoms with van der Waals surface area (Å²) >= 11 is 0. The van der Waals surface area contributed by atoms with Crippen LogP contribution in [0.5, 0.6) is 5.75 Å². The molecule has 3 N–H and O–H groups in total. The van der Waals surface area contributed by atoms with Crippen molar-refractivity contribution in [3.63, 3.8) is 0 Å². The Hall–Kier alpha value is -3.24. The van der Waals surface area contributed by atoms with Gasteiger partial charge in [-0.15, -0.1) is 0 Å². The minimum absolute atomic E-state index is 0.0535. The first-order valence-corrected chi connectivity index (χ1v) is 10.4. The number of amides is 2. The Bertz CT molecular complexity index is 697. The molecule has 0 aliphatic rings. The van der Waals surface area contributed by atoms with Crippen molar-refractivity contribution in [3.05, 3.63) is 49.6 Å². The van der Waals surface area contributed by atoms with Crippen LogP contribution < -0.4 is 10.6 Å². The van der Waals surface area contributed by atoms with Gasteiger partial charge in [-0.2, -0.15) is 0 Å². The number of aromatic hydroxyl groups is 1. The Morgan fingerprint density at radius 3 is 1.48 bits per heavy atom. The van der Waals surface area contributed by atoms with Crippen LogP contribution in [0.3, 0.4) is 0 Å². The van der Waals surface area contributed by atoms with Crippen LogP contribution in [-0.2, 0) is 0 Å². The van der Waals surface area contributed by atoms with Gasteiger partial charge in [-0.25, -0.2) is 0 Å². The van der Waals surface area contributed by atoms with Crippen molar-refractivity contribution in [2.45, 2.75) is 51.4 Å². The van der Waals surface area contributed by atoms with Crippen LogP contribution in [-0.4, -0.2) is 52.9 Å².